The smallest absolute Gasteiger partial charge is 0.227 e. The van der Waals surface area contributed by atoms with E-state index in [0.717, 1.165) is 22.8 Å². The maximum Gasteiger partial charge on any atom is 0.227 e. The molecule has 140 valence electrons. The molecule has 0 bridgehead atoms. The number of hydrogen-bond acceptors (Lipinski definition) is 6. The third-order valence-corrected chi connectivity index (χ3v) is 5.33. The molecule has 9 heteroatoms. The van der Waals surface area contributed by atoms with Crippen LogP contribution in [0.4, 0.5) is 5.69 Å². The molecule has 1 fully saturated rings. The number of rotatable bonds is 5. The number of nitrogens with one attached hydrogen (secondary N) is 2. The van der Waals surface area contributed by atoms with Crippen molar-refractivity contribution in [2.45, 2.75) is 32.3 Å². The lowest BCUT2D eigenvalue weighted by molar-refractivity contribution is -0.147. The number of benzene rings is 1. The molecule has 27 heavy (non-hydrogen) atoms. The number of ether oxygens (including phenoxy) is 1. The summed E-state index contributed by atoms with van der Waals surface area (Å²) in [6, 6.07) is 7.71. The zero-order valence-electron chi connectivity index (χ0n) is 15.4. The van der Waals surface area contributed by atoms with Crippen LogP contribution in [0.5, 0.6) is 0 Å². The lowest BCUT2D eigenvalue weighted by Gasteiger charge is -2.43. The Balaban J connectivity index is 1.40. The van der Waals surface area contributed by atoms with E-state index >= 15 is 0 Å². The molecule has 0 radical (unpaired) electrons. The van der Waals surface area contributed by atoms with Crippen LogP contribution in [0.25, 0.3) is 5.69 Å². The first-order chi connectivity index (χ1) is 13.0. The molecule has 1 saturated carbocycles. The molecule has 1 aromatic carbocycles. The minimum absolute atomic E-state index is 0.0337. The van der Waals surface area contributed by atoms with E-state index in [0.29, 0.717) is 18.7 Å². The molecule has 1 amide bonds. The van der Waals surface area contributed by atoms with Crippen LogP contribution in [0, 0.1) is 19.8 Å². The molecular weight excluding hydrogens is 346 g/mol. The number of amides is 1. The van der Waals surface area contributed by atoms with Crippen molar-refractivity contribution >= 4 is 11.6 Å². The Morgan fingerprint density at radius 2 is 2.04 bits per heavy atom. The maximum absolute atomic E-state index is 12.5. The van der Waals surface area contributed by atoms with Gasteiger partial charge >= 0.3 is 0 Å². The largest absolute Gasteiger partial charge is 0.370 e. The van der Waals surface area contributed by atoms with Crippen molar-refractivity contribution in [1.82, 2.24) is 30.2 Å². The van der Waals surface area contributed by atoms with Gasteiger partial charge in [-0.15, -0.1) is 10.2 Å². The van der Waals surface area contributed by atoms with Gasteiger partial charge in [0, 0.05) is 30.1 Å². The van der Waals surface area contributed by atoms with Gasteiger partial charge in [0.15, 0.2) is 0 Å². The van der Waals surface area contributed by atoms with Crippen molar-refractivity contribution in [2.75, 3.05) is 12.4 Å². The van der Waals surface area contributed by atoms with Gasteiger partial charge < -0.3 is 14.6 Å². The number of H-pyrrole nitrogens is 1. The molecule has 0 spiro atoms. The summed E-state index contributed by atoms with van der Waals surface area (Å²) in [5, 5.41) is 17.0. The van der Waals surface area contributed by atoms with Gasteiger partial charge in [-0.25, -0.2) is 4.98 Å². The molecule has 0 atom stereocenters. The number of hydrogen-bond donors (Lipinski definition) is 2. The van der Waals surface area contributed by atoms with Crippen molar-refractivity contribution in [3.05, 3.63) is 47.8 Å². The first-order valence-corrected chi connectivity index (χ1v) is 8.73. The van der Waals surface area contributed by atoms with Gasteiger partial charge in [0.25, 0.3) is 0 Å². The fourth-order valence-electron chi connectivity index (χ4n) is 3.43. The number of carbonyl (C=O) groups is 1. The third kappa shape index (κ3) is 2.99. The molecular formula is C18H21N7O2. The number of aromatic amines is 1. The maximum atomic E-state index is 12.5. The van der Waals surface area contributed by atoms with Gasteiger partial charge in [-0.1, -0.05) is 5.21 Å². The Kier molecular flexibility index (Phi) is 4.23. The van der Waals surface area contributed by atoms with E-state index in [4.69, 9.17) is 4.74 Å². The van der Waals surface area contributed by atoms with E-state index in [-0.39, 0.29) is 11.8 Å². The van der Waals surface area contributed by atoms with E-state index in [2.05, 4.69) is 30.9 Å². The number of nitrogens with zero attached hydrogens (tertiary/aromatic N) is 5. The molecule has 0 unspecified atom stereocenters. The molecule has 2 N–H and O–H groups in total. The quantitative estimate of drug-likeness (QED) is 0.712. The van der Waals surface area contributed by atoms with Gasteiger partial charge in [0.1, 0.15) is 5.60 Å². The van der Waals surface area contributed by atoms with E-state index in [1.165, 1.54) is 0 Å². The molecule has 9 nitrogen and oxygen atoms in total. The van der Waals surface area contributed by atoms with Crippen LogP contribution in [0.2, 0.25) is 0 Å². The van der Waals surface area contributed by atoms with Crippen LogP contribution in [-0.4, -0.2) is 43.2 Å². The molecule has 1 aliphatic rings. The average molecular weight is 367 g/mol. The summed E-state index contributed by atoms with van der Waals surface area (Å²) in [6.45, 7) is 4.01. The molecule has 0 saturated heterocycles. The number of tetrazole rings is 1. The third-order valence-electron chi connectivity index (χ3n) is 5.33. The molecule has 4 rings (SSSR count). The van der Waals surface area contributed by atoms with Crippen LogP contribution in [-0.2, 0) is 15.1 Å². The normalized spacial score (nSPS) is 21.7. The van der Waals surface area contributed by atoms with Crippen molar-refractivity contribution in [3.63, 3.8) is 0 Å². The van der Waals surface area contributed by atoms with E-state index in [1.54, 1.807) is 13.4 Å². The number of aryl methyl sites for hydroxylation is 1. The molecule has 2 heterocycles. The number of carbonyl (C=O) groups excluding carboxylic acids is 1. The Morgan fingerprint density at radius 1 is 1.30 bits per heavy atom. The molecule has 2 aromatic heterocycles. The van der Waals surface area contributed by atoms with Crippen LogP contribution < -0.4 is 5.32 Å². The second-order valence-electron chi connectivity index (χ2n) is 6.86. The van der Waals surface area contributed by atoms with Gasteiger partial charge in [0.2, 0.25) is 11.7 Å². The van der Waals surface area contributed by atoms with Crippen molar-refractivity contribution in [2.24, 2.45) is 5.92 Å². The summed E-state index contributed by atoms with van der Waals surface area (Å²) in [6.07, 6.45) is 2.86. The highest BCUT2D eigenvalue weighted by Gasteiger charge is 2.52. The van der Waals surface area contributed by atoms with Gasteiger partial charge in [-0.2, -0.15) is 5.21 Å². The fraction of sp³-hybridized carbons (Fsp3) is 0.389. The minimum atomic E-state index is -0.629. The van der Waals surface area contributed by atoms with Crippen LogP contribution in [0.3, 0.4) is 0 Å². The highest BCUT2D eigenvalue weighted by molar-refractivity contribution is 5.93. The lowest BCUT2D eigenvalue weighted by atomic mass is 9.69. The highest BCUT2D eigenvalue weighted by atomic mass is 16.5. The Hall–Kier alpha value is -3.07. The fourth-order valence-corrected chi connectivity index (χ4v) is 3.43. The van der Waals surface area contributed by atoms with E-state index in [1.807, 2.05) is 42.7 Å². The van der Waals surface area contributed by atoms with Crippen molar-refractivity contribution in [3.8, 4) is 5.69 Å². The van der Waals surface area contributed by atoms with E-state index < -0.39 is 5.60 Å². The van der Waals surface area contributed by atoms with Crippen LogP contribution in [0.1, 0.15) is 30.1 Å². The zero-order valence-corrected chi connectivity index (χ0v) is 15.4. The summed E-state index contributed by atoms with van der Waals surface area (Å²) in [5.74, 6) is 0.305. The predicted octanol–water partition coefficient (Wildman–Crippen LogP) is 1.89. The summed E-state index contributed by atoms with van der Waals surface area (Å²) in [7, 11) is 1.60. The number of imidazole rings is 1. The van der Waals surface area contributed by atoms with E-state index in [9.17, 15) is 4.79 Å². The topological polar surface area (TPSA) is 111 Å². The number of anilines is 1. The average Bonchev–Trinajstić information content (AvgIpc) is 3.27. The monoisotopic (exact) mass is 367 g/mol. The summed E-state index contributed by atoms with van der Waals surface area (Å²) < 4.78 is 7.57. The summed E-state index contributed by atoms with van der Waals surface area (Å²) in [4.78, 5) is 16.8. The minimum Gasteiger partial charge on any atom is -0.370 e. The number of aromatic nitrogens is 6. The van der Waals surface area contributed by atoms with Gasteiger partial charge in [-0.05, 0) is 51.0 Å². The zero-order chi connectivity index (χ0) is 19.0. The standard InChI is InChI=1S/C18H21N7O2/c1-11-12(2)25(10-19-11)15-6-4-14(5-7-15)20-16(26)13-8-18(9-13,27-3)17-21-23-24-22-17/h4-7,10,13H,8-9H2,1-3H3,(H,20,26)(H,21,22,23,24). The molecule has 0 aliphatic heterocycles. The second kappa shape index (κ2) is 6.58. The lowest BCUT2D eigenvalue weighted by Crippen LogP contribution is -2.48. The van der Waals surface area contributed by atoms with Gasteiger partial charge in [0.05, 0.1) is 12.0 Å². The Labute approximate surface area is 156 Å². The number of methoxy groups -OCH3 is 1. The Morgan fingerprint density at radius 3 is 2.59 bits per heavy atom. The van der Waals surface area contributed by atoms with Crippen LogP contribution >= 0.6 is 0 Å². The SMILES string of the molecule is COC1(c2nn[nH]n2)CC(C(=O)Nc2ccc(-n3cnc(C)c3C)cc2)C1. The van der Waals surface area contributed by atoms with Gasteiger partial charge in [-0.3, -0.25) is 4.79 Å². The molecule has 3 aromatic rings. The van der Waals surface area contributed by atoms with Crippen molar-refractivity contribution < 1.29 is 9.53 Å². The van der Waals surface area contributed by atoms with Crippen molar-refractivity contribution in [1.29, 1.82) is 0 Å². The predicted molar refractivity (Wildman–Crippen MR) is 97.3 cm³/mol. The first kappa shape index (κ1) is 17.3. The molecule has 1 aliphatic carbocycles. The summed E-state index contributed by atoms with van der Waals surface area (Å²) >= 11 is 0. The Bertz CT molecular complexity index is 941. The highest BCUT2D eigenvalue weighted by Crippen LogP contribution is 2.47. The first-order valence-electron chi connectivity index (χ1n) is 8.73. The summed E-state index contributed by atoms with van der Waals surface area (Å²) in [5.41, 5.74) is 3.23. The second-order valence-corrected chi connectivity index (χ2v) is 6.86. The van der Waals surface area contributed by atoms with Crippen LogP contribution in [0.15, 0.2) is 30.6 Å².